The van der Waals surface area contributed by atoms with Crippen molar-refractivity contribution in [3.05, 3.63) is 47.8 Å². The highest BCUT2D eigenvalue weighted by molar-refractivity contribution is 5.83. The van der Waals surface area contributed by atoms with E-state index in [1.807, 2.05) is 6.07 Å². The standard InChI is InChI=1S/C29H41F/c1-2-3-4-5-22-6-8-23(9-7-22)10-11-24-12-14-25(15-13-24)26-16-17-28-21-29(30)19-18-27(28)20-26/h16-25H,2-15H2,1H3/t22-,23-,24-,25-. The number of hydrogen-bond acceptors (Lipinski definition) is 0. The predicted molar refractivity (Wildman–Crippen MR) is 127 cm³/mol. The van der Waals surface area contributed by atoms with Crippen molar-refractivity contribution in [3.8, 4) is 0 Å². The summed E-state index contributed by atoms with van der Waals surface area (Å²) in [5.41, 5.74) is 1.47. The Morgan fingerprint density at radius 1 is 0.667 bits per heavy atom. The molecule has 4 rings (SSSR count). The second-order valence-electron chi connectivity index (χ2n) is 10.4. The highest BCUT2D eigenvalue weighted by Crippen LogP contribution is 2.40. The molecule has 2 saturated carbocycles. The quantitative estimate of drug-likeness (QED) is 0.381. The van der Waals surface area contributed by atoms with Gasteiger partial charge in [0.2, 0.25) is 0 Å². The number of benzene rings is 2. The van der Waals surface area contributed by atoms with Crippen molar-refractivity contribution in [2.45, 2.75) is 103 Å². The Bertz CT molecular complexity index is 778. The second-order valence-corrected chi connectivity index (χ2v) is 10.4. The minimum Gasteiger partial charge on any atom is -0.207 e. The zero-order valence-electron chi connectivity index (χ0n) is 19.1. The lowest BCUT2D eigenvalue weighted by Crippen LogP contribution is -2.17. The van der Waals surface area contributed by atoms with Gasteiger partial charge in [0.1, 0.15) is 5.82 Å². The topological polar surface area (TPSA) is 0 Å². The summed E-state index contributed by atoms with van der Waals surface area (Å²) in [5.74, 6) is 3.58. The van der Waals surface area contributed by atoms with Crippen LogP contribution in [0.15, 0.2) is 36.4 Å². The fourth-order valence-electron chi connectivity index (χ4n) is 6.24. The summed E-state index contributed by atoms with van der Waals surface area (Å²) in [5, 5.41) is 2.20. The van der Waals surface area contributed by atoms with Gasteiger partial charge in [-0.25, -0.2) is 4.39 Å². The molecule has 0 radical (unpaired) electrons. The van der Waals surface area contributed by atoms with Gasteiger partial charge in [-0.1, -0.05) is 95.4 Å². The molecular weight excluding hydrogens is 367 g/mol. The van der Waals surface area contributed by atoms with Crippen LogP contribution in [0, 0.1) is 23.6 Å². The van der Waals surface area contributed by atoms with E-state index in [1.165, 1.54) is 101 Å². The van der Waals surface area contributed by atoms with E-state index in [-0.39, 0.29) is 5.82 Å². The van der Waals surface area contributed by atoms with Crippen LogP contribution in [0.25, 0.3) is 10.8 Å². The molecule has 0 amide bonds. The molecule has 164 valence electrons. The van der Waals surface area contributed by atoms with E-state index in [1.54, 1.807) is 12.1 Å². The molecule has 0 spiro atoms. The van der Waals surface area contributed by atoms with Gasteiger partial charge in [0, 0.05) is 0 Å². The predicted octanol–water partition coefficient (Wildman–Crippen LogP) is 9.42. The first kappa shape index (κ1) is 21.8. The maximum atomic E-state index is 13.4. The van der Waals surface area contributed by atoms with Crippen LogP contribution < -0.4 is 0 Å². The van der Waals surface area contributed by atoms with Crippen molar-refractivity contribution in [2.75, 3.05) is 0 Å². The van der Waals surface area contributed by atoms with Crippen molar-refractivity contribution in [3.63, 3.8) is 0 Å². The molecule has 2 fully saturated rings. The van der Waals surface area contributed by atoms with Crippen LogP contribution in [0.5, 0.6) is 0 Å². The number of rotatable bonds is 8. The average Bonchev–Trinajstić information content (AvgIpc) is 2.79. The molecule has 30 heavy (non-hydrogen) atoms. The van der Waals surface area contributed by atoms with Crippen molar-refractivity contribution >= 4 is 10.8 Å². The van der Waals surface area contributed by atoms with Gasteiger partial charge in [-0.15, -0.1) is 0 Å². The maximum absolute atomic E-state index is 13.4. The number of hydrogen-bond donors (Lipinski definition) is 0. The molecule has 0 heterocycles. The molecule has 0 saturated heterocycles. The second kappa shape index (κ2) is 10.8. The summed E-state index contributed by atoms with van der Waals surface area (Å²) in [7, 11) is 0. The Kier molecular flexibility index (Phi) is 7.85. The first-order chi connectivity index (χ1) is 14.7. The summed E-state index contributed by atoms with van der Waals surface area (Å²) in [4.78, 5) is 0. The molecule has 2 aliphatic carbocycles. The number of halogens is 1. The van der Waals surface area contributed by atoms with Gasteiger partial charge in [-0.2, -0.15) is 0 Å². The molecule has 0 aliphatic heterocycles. The molecule has 0 bridgehead atoms. The Balaban J connectivity index is 1.18. The highest BCUT2D eigenvalue weighted by atomic mass is 19.1. The van der Waals surface area contributed by atoms with Crippen LogP contribution in [-0.2, 0) is 0 Å². The smallest absolute Gasteiger partial charge is 0.123 e. The molecule has 0 nitrogen and oxygen atoms in total. The minimum atomic E-state index is -0.138. The van der Waals surface area contributed by atoms with Crippen LogP contribution in [0.1, 0.15) is 108 Å². The summed E-state index contributed by atoms with van der Waals surface area (Å²) in [6, 6.07) is 11.8. The Morgan fingerprint density at radius 3 is 1.90 bits per heavy atom. The molecule has 2 aliphatic rings. The molecule has 0 N–H and O–H groups in total. The summed E-state index contributed by atoms with van der Waals surface area (Å²) in [6.07, 6.45) is 20.2. The van der Waals surface area contributed by atoms with Crippen LogP contribution in [-0.4, -0.2) is 0 Å². The average molecular weight is 409 g/mol. The molecule has 2 aromatic carbocycles. The Hall–Kier alpha value is -1.37. The summed E-state index contributed by atoms with van der Waals surface area (Å²) in [6.45, 7) is 2.31. The third-order valence-electron chi connectivity index (χ3n) is 8.31. The van der Waals surface area contributed by atoms with Crippen molar-refractivity contribution in [1.82, 2.24) is 0 Å². The third kappa shape index (κ3) is 5.86. The van der Waals surface area contributed by atoms with Gasteiger partial charge in [-0.3, -0.25) is 0 Å². The minimum absolute atomic E-state index is 0.138. The lowest BCUT2D eigenvalue weighted by atomic mass is 9.74. The van der Waals surface area contributed by atoms with Gasteiger partial charge < -0.3 is 0 Å². The molecular formula is C29H41F. The first-order valence-electron chi connectivity index (χ1n) is 12.9. The van der Waals surface area contributed by atoms with E-state index in [2.05, 4.69) is 25.1 Å². The van der Waals surface area contributed by atoms with Crippen LogP contribution in [0.3, 0.4) is 0 Å². The van der Waals surface area contributed by atoms with E-state index in [0.717, 1.165) is 23.1 Å². The van der Waals surface area contributed by atoms with E-state index < -0.39 is 0 Å². The number of unbranched alkanes of at least 4 members (excludes halogenated alkanes) is 2. The lowest BCUT2D eigenvalue weighted by Gasteiger charge is -2.32. The molecule has 1 heteroatoms. The van der Waals surface area contributed by atoms with Crippen LogP contribution in [0.2, 0.25) is 0 Å². The fourth-order valence-corrected chi connectivity index (χ4v) is 6.24. The maximum Gasteiger partial charge on any atom is 0.123 e. The largest absolute Gasteiger partial charge is 0.207 e. The summed E-state index contributed by atoms with van der Waals surface area (Å²) < 4.78 is 13.4. The molecule has 0 unspecified atom stereocenters. The normalized spacial score (nSPS) is 27.4. The Labute approximate surface area is 183 Å². The van der Waals surface area contributed by atoms with Crippen molar-refractivity contribution in [2.24, 2.45) is 17.8 Å². The summed E-state index contributed by atoms with van der Waals surface area (Å²) >= 11 is 0. The number of fused-ring (bicyclic) bond motifs is 1. The Morgan fingerprint density at radius 2 is 1.23 bits per heavy atom. The van der Waals surface area contributed by atoms with Crippen LogP contribution >= 0.6 is 0 Å². The third-order valence-corrected chi connectivity index (χ3v) is 8.31. The van der Waals surface area contributed by atoms with E-state index in [0.29, 0.717) is 5.92 Å². The van der Waals surface area contributed by atoms with E-state index >= 15 is 0 Å². The van der Waals surface area contributed by atoms with Gasteiger partial charge in [0.05, 0.1) is 0 Å². The van der Waals surface area contributed by atoms with Crippen LogP contribution in [0.4, 0.5) is 4.39 Å². The van der Waals surface area contributed by atoms with E-state index in [4.69, 9.17) is 0 Å². The molecule has 0 aromatic heterocycles. The highest BCUT2D eigenvalue weighted by Gasteiger charge is 2.25. The van der Waals surface area contributed by atoms with Gasteiger partial charge in [0.25, 0.3) is 0 Å². The zero-order valence-corrected chi connectivity index (χ0v) is 19.1. The first-order valence-corrected chi connectivity index (χ1v) is 12.9. The molecule has 0 atom stereocenters. The van der Waals surface area contributed by atoms with Gasteiger partial charge >= 0.3 is 0 Å². The van der Waals surface area contributed by atoms with Gasteiger partial charge in [0.15, 0.2) is 0 Å². The SMILES string of the molecule is CCCCC[C@H]1CC[C@H](CC[C@H]2CC[C@H](c3ccc4cc(F)ccc4c3)CC2)CC1. The van der Waals surface area contributed by atoms with Crippen molar-refractivity contribution in [1.29, 1.82) is 0 Å². The van der Waals surface area contributed by atoms with Crippen molar-refractivity contribution < 1.29 is 4.39 Å². The zero-order chi connectivity index (χ0) is 20.8. The van der Waals surface area contributed by atoms with E-state index in [9.17, 15) is 4.39 Å². The molecule has 2 aromatic rings. The fraction of sp³-hybridized carbons (Fsp3) is 0.655. The monoisotopic (exact) mass is 408 g/mol. The van der Waals surface area contributed by atoms with Gasteiger partial charge in [-0.05, 0) is 77.8 Å². The lowest BCUT2D eigenvalue weighted by molar-refractivity contribution is 0.222.